The number of carbonyl (C=O) groups excluding carboxylic acids is 1. The van der Waals surface area contributed by atoms with Gasteiger partial charge in [-0.25, -0.2) is 0 Å². The van der Waals surface area contributed by atoms with Crippen molar-refractivity contribution >= 4 is 17.0 Å². The monoisotopic (exact) mass is 234 g/mol. The molecule has 0 aliphatic carbocycles. The quantitative estimate of drug-likeness (QED) is 0.500. The number of rotatable bonds is 7. The van der Waals surface area contributed by atoms with E-state index in [1.807, 2.05) is 0 Å². The highest BCUT2D eigenvalue weighted by molar-refractivity contribution is 6.62. The third kappa shape index (κ3) is 6.74. The molecule has 1 unspecified atom stereocenters. The highest BCUT2D eigenvalue weighted by atomic mass is 35.5. The van der Waals surface area contributed by atoms with Crippen LogP contribution in [-0.2, 0) is 0 Å². The van der Waals surface area contributed by atoms with E-state index in [9.17, 15) is 4.79 Å². The van der Waals surface area contributed by atoms with E-state index in [-0.39, 0.29) is 5.37 Å². The van der Waals surface area contributed by atoms with E-state index in [2.05, 4.69) is 25.8 Å². The van der Waals surface area contributed by atoms with Crippen molar-refractivity contribution in [3.8, 4) is 0 Å². The summed E-state index contributed by atoms with van der Waals surface area (Å²) in [6.07, 6.45) is 3.41. The van der Waals surface area contributed by atoms with E-state index in [0.717, 1.165) is 19.5 Å². The summed E-state index contributed by atoms with van der Waals surface area (Å²) in [5.74, 6) is 0. The van der Waals surface area contributed by atoms with E-state index in [4.69, 9.17) is 11.6 Å². The molecule has 0 fully saturated rings. The smallest absolute Gasteiger partial charge is 0.316 e. The van der Waals surface area contributed by atoms with Crippen molar-refractivity contribution in [2.45, 2.75) is 39.2 Å². The fourth-order valence-corrected chi connectivity index (χ4v) is 1.40. The summed E-state index contributed by atoms with van der Waals surface area (Å²) in [4.78, 5) is 14.7. The molecule has 0 N–H and O–H groups in total. The van der Waals surface area contributed by atoms with Gasteiger partial charge in [-0.1, -0.05) is 13.3 Å². The molecule has 3 nitrogen and oxygen atoms in total. The molecule has 4 heteroatoms. The summed E-state index contributed by atoms with van der Waals surface area (Å²) in [5, 5.41) is -0.376. The van der Waals surface area contributed by atoms with Gasteiger partial charge >= 0.3 is 5.37 Å². The van der Waals surface area contributed by atoms with Crippen molar-refractivity contribution in [2.75, 3.05) is 27.2 Å². The minimum Gasteiger partial charge on any atom is -0.332 e. The van der Waals surface area contributed by atoms with Gasteiger partial charge in [0.15, 0.2) is 0 Å². The van der Waals surface area contributed by atoms with Gasteiger partial charge in [-0.2, -0.15) is 0 Å². The first kappa shape index (κ1) is 14.7. The molecule has 0 bridgehead atoms. The zero-order valence-electron chi connectivity index (χ0n) is 10.3. The molecule has 0 aliphatic heterocycles. The van der Waals surface area contributed by atoms with Crippen molar-refractivity contribution in [2.24, 2.45) is 0 Å². The summed E-state index contributed by atoms with van der Waals surface area (Å²) in [7, 11) is 3.86. The predicted octanol–water partition coefficient (Wildman–Crippen LogP) is 2.79. The molecule has 0 saturated heterocycles. The van der Waals surface area contributed by atoms with Crippen LogP contribution in [0.4, 0.5) is 4.79 Å². The molecule has 0 aliphatic rings. The van der Waals surface area contributed by atoms with Crippen LogP contribution in [-0.4, -0.2) is 48.4 Å². The van der Waals surface area contributed by atoms with Crippen molar-refractivity contribution in [1.82, 2.24) is 9.80 Å². The van der Waals surface area contributed by atoms with Crippen molar-refractivity contribution < 1.29 is 4.79 Å². The molecule has 0 heterocycles. The average Bonchev–Trinajstić information content (AvgIpc) is 2.21. The Balaban J connectivity index is 3.72. The number of hydrogen-bond donors (Lipinski definition) is 0. The first-order chi connectivity index (χ1) is 6.99. The Hall–Kier alpha value is -0.280. The van der Waals surface area contributed by atoms with Gasteiger partial charge in [-0.3, -0.25) is 4.79 Å². The van der Waals surface area contributed by atoms with Crippen LogP contribution in [0.25, 0.3) is 0 Å². The number of carbonyl (C=O) groups is 1. The van der Waals surface area contributed by atoms with Crippen LogP contribution < -0.4 is 0 Å². The summed E-state index contributed by atoms with van der Waals surface area (Å²) >= 11 is 5.35. The lowest BCUT2D eigenvalue weighted by atomic mass is 10.2. The molecular formula is C11H23ClN2O. The summed E-state index contributed by atoms with van der Waals surface area (Å²) in [6.45, 7) is 6.22. The number of unbranched alkanes of at least 4 members (excludes halogenated alkanes) is 1. The standard InChI is InChI=1S/C11H23ClN2O/c1-5-6-8-13(3)10(2)7-9-14(4)11(12)15/h10H,5-9H2,1-4H3. The summed E-state index contributed by atoms with van der Waals surface area (Å²) in [5.41, 5.74) is 0. The van der Waals surface area contributed by atoms with Crippen molar-refractivity contribution in [3.63, 3.8) is 0 Å². The topological polar surface area (TPSA) is 23.6 Å². The van der Waals surface area contributed by atoms with Crippen LogP contribution in [0.1, 0.15) is 33.1 Å². The molecule has 0 aromatic heterocycles. The minimum atomic E-state index is -0.376. The number of nitrogens with zero attached hydrogens (tertiary/aromatic N) is 2. The van der Waals surface area contributed by atoms with Gasteiger partial charge in [-0.05, 0) is 45.0 Å². The molecule has 0 aromatic rings. The van der Waals surface area contributed by atoms with Gasteiger partial charge < -0.3 is 9.80 Å². The first-order valence-electron chi connectivity index (χ1n) is 5.59. The molecule has 0 spiro atoms. The lowest BCUT2D eigenvalue weighted by Crippen LogP contribution is -2.34. The second-order valence-corrected chi connectivity index (χ2v) is 4.47. The Morgan fingerprint density at radius 3 is 2.40 bits per heavy atom. The number of halogens is 1. The van der Waals surface area contributed by atoms with E-state index in [0.29, 0.717) is 6.04 Å². The SMILES string of the molecule is CCCCN(C)C(C)CCN(C)C(=O)Cl. The lowest BCUT2D eigenvalue weighted by Gasteiger charge is -2.26. The van der Waals surface area contributed by atoms with Crippen LogP contribution in [0.2, 0.25) is 0 Å². The Morgan fingerprint density at radius 2 is 1.93 bits per heavy atom. The Bertz CT molecular complexity index is 187. The second-order valence-electron chi connectivity index (χ2n) is 4.15. The Labute approximate surface area is 98.4 Å². The van der Waals surface area contributed by atoms with Crippen LogP contribution in [0.5, 0.6) is 0 Å². The molecule has 0 rings (SSSR count). The van der Waals surface area contributed by atoms with Gasteiger partial charge in [-0.15, -0.1) is 0 Å². The highest BCUT2D eigenvalue weighted by Crippen LogP contribution is 2.05. The molecule has 0 saturated carbocycles. The molecular weight excluding hydrogens is 212 g/mol. The zero-order chi connectivity index (χ0) is 11.8. The highest BCUT2D eigenvalue weighted by Gasteiger charge is 2.11. The third-order valence-corrected chi connectivity index (χ3v) is 3.09. The first-order valence-corrected chi connectivity index (χ1v) is 5.97. The van der Waals surface area contributed by atoms with Gasteiger partial charge in [0, 0.05) is 19.6 Å². The Morgan fingerprint density at radius 1 is 1.33 bits per heavy atom. The van der Waals surface area contributed by atoms with E-state index < -0.39 is 0 Å². The molecule has 90 valence electrons. The van der Waals surface area contributed by atoms with Crippen LogP contribution in [0.3, 0.4) is 0 Å². The lowest BCUT2D eigenvalue weighted by molar-refractivity contribution is 0.210. The van der Waals surface area contributed by atoms with Crippen molar-refractivity contribution in [3.05, 3.63) is 0 Å². The van der Waals surface area contributed by atoms with Gasteiger partial charge in [0.25, 0.3) is 0 Å². The van der Waals surface area contributed by atoms with Crippen LogP contribution in [0.15, 0.2) is 0 Å². The fraction of sp³-hybridized carbons (Fsp3) is 0.909. The third-order valence-electron chi connectivity index (χ3n) is 2.80. The molecule has 15 heavy (non-hydrogen) atoms. The normalized spacial score (nSPS) is 12.9. The molecule has 1 amide bonds. The number of hydrogen-bond acceptors (Lipinski definition) is 2. The number of amides is 1. The maximum absolute atomic E-state index is 10.8. The average molecular weight is 235 g/mol. The van der Waals surface area contributed by atoms with Gasteiger partial charge in [0.2, 0.25) is 0 Å². The summed E-state index contributed by atoms with van der Waals surface area (Å²) < 4.78 is 0. The largest absolute Gasteiger partial charge is 0.332 e. The van der Waals surface area contributed by atoms with Gasteiger partial charge in [0.1, 0.15) is 0 Å². The fourth-order valence-electron chi connectivity index (χ4n) is 1.32. The van der Waals surface area contributed by atoms with E-state index in [1.54, 1.807) is 11.9 Å². The van der Waals surface area contributed by atoms with Crippen LogP contribution in [0, 0.1) is 0 Å². The maximum atomic E-state index is 10.8. The Kier molecular flexibility index (Phi) is 7.79. The predicted molar refractivity (Wildman–Crippen MR) is 65.5 cm³/mol. The maximum Gasteiger partial charge on any atom is 0.316 e. The molecule has 0 aromatic carbocycles. The molecule has 0 radical (unpaired) electrons. The van der Waals surface area contributed by atoms with Crippen molar-refractivity contribution in [1.29, 1.82) is 0 Å². The molecule has 1 atom stereocenters. The summed E-state index contributed by atoms with van der Waals surface area (Å²) in [6, 6.07) is 0.495. The second kappa shape index (κ2) is 7.94. The minimum absolute atomic E-state index is 0.376. The van der Waals surface area contributed by atoms with E-state index >= 15 is 0 Å². The van der Waals surface area contributed by atoms with Gasteiger partial charge in [0.05, 0.1) is 0 Å². The van der Waals surface area contributed by atoms with E-state index in [1.165, 1.54) is 12.8 Å². The van der Waals surface area contributed by atoms with Crippen LogP contribution >= 0.6 is 11.6 Å². The zero-order valence-corrected chi connectivity index (χ0v) is 11.0.